The van der Waals surface area contributed by atoms with E-state index in [0.29, 0.717) is 0 Å². The smallest absolute Gasteiger partial charge is 0.356 e. The summed E-state index contributed by atoms with van der Waals surface area (Å²) in [5.41, 5.74) is 1.23. The molecule has 212 valence electrons. The molecule has 2 aromatic carbocycles. The molecule has 3 amide bonds. The maximum Gasteiger partial charge on any atom is 0.356 e. The number of fused-ring (bicyclic) bond motifs is 1. The molecule has 0 spiro atoms. The molecule has 8 nitrogen and oxygen atoms in total. The largest absolute Gasteiger partial charge is 0.448 e. The SMILES string of the molecule is CC(=O)NC1S[C@H]2CC(=O)N2C(C(=O)OC(c2ccccc2)c2ccccc2)=C1C(=O)N(CC(C)Cl)CC(C)Cl. The van der Waals surface area contributed by atoms with Crippen LogP contribution in [0.25, 0.3) is 0 Å². The minimum atomic E-state index is -0.882. The highest BCUT2D eigenvalue weighted by molar-refractivity contribution is 8.00. The molecule has 4 atom stereocenters. The predicted molar refractivity (Wildman–Crippen MR) is 156 cm³/mol. The number of esters is 1. The van der Waals surface area contributed by atoms with Gasteiger partial charge in [0.2, 0.25) is 11.8 Å². The average Bonchev–Trinajstić information content (AvgIpc) is 2.90. The molecule has 2 aliphatic heterocycles. The number of ether oxygens (including phenoxy) is 1. The highest BCUT2D eigenvalue weighted by Gasteiger charge is 2.51. The Bertz CT molecular complexity index is 1240. The van der Waals surface area contributed by atoms with E-state index in [1.54, 1.807) is 13.8 Å². The normalized spacial score (nSPS) is 19.9. The first-order valence-electron chi connectivity index (χ1n) is 12.9. The van der Waals surface area contributed by atoms with Crippen molar-refractivity contribution in [2.45, 2.75) is 54.8 Å². The van der Waals surface area contributed by atoms with Crippen molar-refractivity contribution in [3.63, 3.8) is 0 Å². The third-order valence-electron chi connectivity index (χ3n) is 6.38. The molecular formula is C29H31Cl2N3O5S. The molecule has 0 saturated carbocycles. The molecule has 0 bridgehead atoms. The summed E-state index contributed by atoms with van der Waals surface area (Å²) in [6.45, 7) is 5.11. The van der Waals surface area contributed by atoms with Crippen LogP contribution in [0.5, 0.6) is 0 Å². The Morgan fingerprint density at radius 1 is 1.00 bits per heavy atom. The van der Waals surface area contributed by atoms with E-state index in [1.807, 2.05) is 60.7 Å². The Morgan fingerprint density at radius 2 is 1.52 bits per heavy atom. The molecule has 0 aromatic heterocycles. The highest BCUT2D eigenvalue weighted by Crippen LogP contribution is 2.44. The molecule has 3 unspecified atom stereocenters. The Hall–Kier alpha value is -3.01. The third kappa shape index (κ3) is 6.82. The van der Waals surface area contributed by atoms with Crippen LogP contribution in [0, 0.1) is 0 Å². The number of carbonyl (C=O) groups is 4. The van der Waals surface area contributed by atoms with Crippen molar-refractivity contribution in [3.8, 4) is 0 Å². The van der Waals surface area contributed by atoms with Gasteiger partial charge in [-0.25, -0.2) is 4.79 Å². The summed E-state index contributed by atoms with van der Waals surface area (Å²) in [6.07, 6.45) is -0.634. The van der Waals surface area contributed by atoms with Gasteiger partial charge in [-0.1, -0.05) is 60.7 Å². The standard InChI is InChI=1S/C29H31Cl2N3O5S/c1-17(30)15-33(16-18(2)31)28(37)24-25(34-22(36)14-23(34)40-27(24)32-19(3)35)29(38)39-26(20-10-6-4-7-11-20)21-12-8-5-9-13-21/h4-13,17-18,23,26-27H,14-16H2,1-3H3,(H,32,35)/t17?,18?,23-,27?/m0/s1. The number of rotatable bonds is 10. The number of nitrogens with zero attached hydrogens (tertiary/aromatic N) is 2. The van der Waals surface area contributed by atoms with Crippen molar-refractivity contribution >= 4 is 58.7 Å². The second-order valence-electron chi connectivity index (χ2n) is 9.78. The summed E-state index contributed by atoms with van der Waals surface area (Å²) in [4.78, 5) is 56.0. The summed E-state index contributed by atoms with van der Waals surface area (Å²) in [5, 5.41) is 0.648. The highest BCUT2D eigenvalue weighted by atomic mass is 35.5. The molecule has 40 heavy (non-hydrogen) atoms. The molecule has 2 aromatic rings. The summed E-state index contributed by atoms with van der Waals surface area (Å²) < 4.78 is 6.10. The van der Waals surface area contributed by atoms with E-state index in [4.69, 9.17) is 27.9 Å². The van der Waals surface area contributed by atoms with Crippen LogP contribution in [0.15, 0.2) is 71.9 Å². The van der Waals surface area contributed by atoms with Crippen molar-refractivity contribution in [2.75, 3.05) is 13.1 Å². The van der Waals surface area contributed by atoms with Gasteiger partial charge in [-0.15, -0.1) is 35.0 Å². The number of halogens is 2. The topological polar surface area (TPSA) is 96.0 Å². The number of nitrogens with one attached hydrogen (secondary N) is 1. The van der Waals surface area contributed by atoms with Crippen LogP contribution in [0.2, 0.25) is 0 Å². The summed E-state index contributed by atoms with van der Waals surface area (Å²) >= 11 is 13.8. The van der Waals surface area contributed by atoms with Crippen LogP contribution in [0.4, 0.5) is 0 Å². The van der Waals surface area contributed by atoms with Crippen LogP contribution in [-0.4, -0.2) is 68.1 Å². The fourth-order valence-corrected chi connectivity index (χ4v) is 6.53. The van der Waals surface area contributed by atoms with Gasteiger partial charge in [0.1, 0.15) is 11.1 Å². The van der Waals surface area contributed by atoms with Gasteiger partial charge in [-0.2, -0.15) is 0 Å². The summed E-state index contributed by atoms with van der Waals surface area (Å²) in [6, 6.07) is 18.4. The number of hydrogen-bond donors (Lipinski definition) is 1. The van der Waals surface area contributed by atoms with Crippen LogP contribution < -0.4 is 5.32 Å². The Labute approximate surface area is 248 Å². The molecular weight excluding hydrogens is 573 g/mol. The van der Waals surface area contributed by atoms with Crippen LogP contribution in [-0.2, 0) is 23.9 Å². The Morgan fingerprint density at radius 3 is 1.98 bits per heavy atom. The van der Waals surface area contributed by atoms with Gasteiger partial charge in [0, 0.05) is 30.8 Å². The number of amides is 3. The molecule has 0 radical (unpaired) electrons. The summed E-state index contributed by atoms with van der Waals surface area (Å²) in [5.74, 6) is -2.08. The molecule has 1 fully saturated rings. The number of carbonyl (C=O) groups excluding carboxylic acids is 4. The van der Waals surface area contributed by atoms with Crippen LogP contribution >= 0.6 is 35.0 Å². The lowest BCUT2D eigenvalue weighted by Crippen LogP contribution is -2.59. The minimum absolute atomic E-state index is 0.0380. The van der Waals surface area contributed by atoms with Crippen molar-refractivity contribution in [1.29, 1.82) is 0 Å². The van der Waals surface area contributed by atoms with E-state index in [9.17, 15) is 19.2 Å². The lowest BCUT2D eigenvalue weighted by molar-refractivity contribution is -0.152. The average molecular weight is 605 g/mol. The Balaban J connectivity index is 1.83. The fourth-order valence-electron chi connectivity index (χ4n) is 4.72. The van der Waals surface area contributed by atoms with Gasteiger partial charge in [0.15, 0.2) is 6.10 Å². The Kier molecular flexibility index (Phi) is 9.81. The van der Waals surface area contributed by atoms with Crippen molar-refractivity contribution in [2.24, 2.45) is 0 Å². The van der Waals surface area contributed by atoms with E-state index in [-0.39, 0.29) is 42.6 Å². The molecule has 0 aliphatic carbocycles. The quantitative estimate of drug-likeness (QED) is 0.245. The fraction of sp³-hybridized carbons (Fsp3) is 0.379. The van der Waals surface area contributed by atoms with Gasteiger partial charge >= 0.3 is 5.97 Å². The number of β-lactam (4-membered cyclic amide) rings is 1. The number of hydrogen-bond acceptors (Lipinski definition) is 6. The van der Waals surface area contributed by atoms with Crippen molar-refractivity contribution < 1.29 is 23.9 Å². The first kappa shape index (κ1) is 30.0. The monoisotopic (exact) mass is 603 g/mol. The maximum atomic E-state index is 14.1. The molecule has 1 saturated heterocycles. The van der Waals surface area contributed by atoms with E-state index >= 15 is 0 Å². The van der Waals surface area contributed by atoms with Gasteiger partial charge in [0.05, 0.1) is 17.4 Å². The predicted octanol–water partition coefficient (Wildman–Crippen LogP) is 4.42. The van der Waals surface area contributed by atoms with E-state index in [1.165, 1.54) is 28.5 Å². The molecule has 1 N–H and O–H groups in total. The van der Waals surface area contributed by atoms with E-state index in [0.717, 1.165) is 11.1 Å². The second kappa shape index (κ2) is 13.1. The zero-order chi connectivity index (χ0) is 29.0. The van der Waals surface area contributed by atoms with Gasteiger partial charge in [0.25, 0.3) is 5.91 Å². The molecule has 4 rings (SSSR count). The molecule has 2 heterocycles. The second-order valence-corrected chi connectivity index (χ2v) is 12.6. The van der Waals surface area contributed by atoms with Crippen LogP contribution in [0.1, 0.15) is 44.4 Å². The lowest BCUT2D eigenvalue weighted by Gasteiger charge is -2.47. The van der Waals surface area contributed by atoms with Gasteiger partial charge < -0.3 is 15.0 Å². The number of thioether (sulfide) groups is 1. The van der Waals surface area contributed by atoms with Gasteiger partial charge in [-0.3, -0.25) is 19.3 Å². The maximum absolute atomic E-state index is 14.1. The van der Waals surface area contributed by atoms with Crippen molar-refractivity contribution in [1.82, 2.24) is 15.1 Å². The third-order valence-corrected chi connectivity index (χ3v) is 7.97. The lowest BCUT2D eigenvalue weighted by atomic mass is 10.0. The zero-order valence-electron chi connectivity index (χ0n) is 22.4. The minimum Gasteiger partial charge on any atom is -0.448 e. The number of benzene rings is 2. The molecule has 2 aliphatic rings. The van der Waals surface area contributed by atoms with Gasteiger partial charge in [-0.05, 0) is 25.0 Å². The first-order chi connectivity index (χ1) is 19.1. The number of alkyl halides is 2. The first-order valence-corrected chi connectivity index (χ1v) is 14.8. The zero-order valence-corrected chi connectivity index (χ0v) is 24.7. The molecule has 11 heteroatoms. The summed E-state index contributed by atoms with van der Waals surface area (Å²) in [7, 11) is 0. The van der Waals surface area contributed by atoms with Crippen LogP contribution in [0.3, 0.4) is 0 Å². The van der Waals surface area contributed by atoms with Crippen molar-refractivity contribution in [3.05, 3.63) is 83.1 Å². The van der Waals surface area contributed by atoms with E-state index in [2.05, 4.69) is 5.32 Å². The van der Waals surface area contributed by atoms with E-state index < -0.39 is 39.5 Å².